The van der Waals surface area contributed by atoms with E-state index in [-0.39, 0.29) is 0 Å². The van der Waals surface area contributed by atoms with E-state index < -0.39 is 0 Å². The van der Waals surface area contributed by atoms with Crippen LogP contribution in [0.2, 0.25) is 0 Å². The van der Waals surface area contributed by atoms with Crippen molar-refractivity contribution in [3.8, 4) is 0 Å². The van der Waals surface area contributed by atoms with Gasteiger partial charge >= 0.3 is 0 Å². The molecule has 2 saturated heterocycles. The summed E-state index contributed by atoms with van der Waals surface area (Å²) in [7, 11) is 0. The van der Waals surface area contributed by atoms with Gasteiger partial charge in [-0.15, -0.1) is 11.3 Å². The Hall–Kier alpha value is -0.380. The highest BCUT2D eigenvalue weighted by molar-refractivity contribution is 7.09. The van der Waals surface area contributed by atoms with Gasteiger partial charge in [0, 0.05) is 24.0 Å². The van der Waals surface area contributed by atoms with Gasteiger partial charge in [0.1, 0.15) is 0 Å². The van der Waals surface area contributed by atoms with Crippen LogP contribution in [0.25, 0.3) is 0 Å². The molecule has 0 aromatic carbocycles. The Balaban J connectivity index is 1.68. The van der Waals surface area contributed by atoms with Crippen molar-refractivity contribution in [2.24, 2.45) is 11.8 Å². The minimum atomic E-state index is 0.757. The summed E-state index contributed by atoms with van der Waals surface area (Å²) in [6, 6.07) is 5.17. The van der Waals surface area contributed by atoms with Gasteiger partial charge in [-0.05, 0) is 43.3 Å². The van der Waals surface area contributed by atoms with E-state index in [1.165, 1.54) is 24.5 Å². The fourth-order valence-corrected chi connectivity index (χ4v) is 3.80. The molecule has 0 amide bonds. The summed E-state index contributed by atoms with van der Waals surface area (Å²) in [6.07, 6.45) is 0. The minimum absolute atomic E-state index is 0.757. The molecule has 1 N–H and O–H groups in total. The first-order valence-corrected chi connectivity index (χ1v) is 6.69. The molecule has 3 atom stereocenters. The molecule has 82 valence electrons. The molecule has 0 saturated carbocycles. The normalized spacial score (nSPS) is 35.9. The molecule has 2 nitrogen and oxygen atoms in total. The number of likely N-dealkylation sites (tertiary alicyclic amines) is 1. The van der Waals surface area contributed by atoms with Crippen molar-refractivity contribution in [1.82, 2.24) is 10.2 Å². The quantitative estimate of drug-likeness (QED) is 0.820. The molecule has 3 rings (SSSR count). The van der Waals surface area contributed by atoms with Crippen LogP contribution in [0, 0.1) is 11.8 Å². The monoisotopic (exact) mass is 222 g/mol. The van der Waals surface area contributed by atoms with Crippen molar-refractivity contribution in [3.05, 3.63) is 22.4 Å². The second kappa shape index (κ2) is 3.89. The minimum Gasteiger partial charge on any atom is -0.316 e. The molecule has 15 heavy (non-hydrogen) atoms. The van der Waals surface area contributed by atoms with Crippen LogP contribution in [-0.4, -0.2) is 30.6 Å². The highest BCUT2D eigenvalue weighted by Crippen LogP contribution is 2.33. The molecule has 0 radical (unpaired) electrons. The lowest BCUT2D eigenvalue weighted by atomic mass is 9.95. The number of nitrogens with zero attached hydrogens (tertiary/aromatic N) is 1. The predicted molar refractivity (Wildman–Crippen MR) is 64.0 cm³/mol. The summed E-state index contributed by atoms with van der Waals surface area (Å²) in [5.41, 5.74) is 0. The highest BCUT2D eigenvalue weighted by Gasteiger charge is 2.41. The van der Waals surface area contributed by atoms with Crippen molar-refractivity contribution in [2.75, 3.05) is 19.6 Å². The van der Waals surface area contributed by atoms with Crippen LogP contribution in [-0.2, 0) is 6.54 Å². The summed E-state index contributed by atoms with van der Waals surface area (Å²) in [5.74, 6) is 1.80. The average molecular weight is 222 g/mol. The van der Waals surface area contributed by atoms with Crippen LogP contribution in [0.3, 0.4) is 0 Å². The number of nitrogens with one attached hydrogen (secondary N) is 1. The Morgan fingerprint density at radius 3 is 3.20 bits per heavy atom. The molecule has 1 aromatic heterocycles. The molecule has 0 bridgehead atoms. The smallest absolute Gasteiger partial charge is 0.0330 e. The average Bonchev–Trinajstić information content (AvgIpc) is 2.89. The molecule has 2 fully saturated rings. The SMILES string of the molecule is CC1C2CNCC2CN1Cc1cccs1. The third kappa shape index (κ3) is 1.73. The first-order valence-electron chi connectivity index (χ1n) is 5.82. The van der Waals surface area contributed by atoms with Gasteiger partial charge in [-0.3, -0.25) is 4.90 Å². The van der Waals surface area contributed by atoms with Crippen LogP contribution in [0.4, 0.5) is 0 Å². The lowest BCUT2D eigenvalue weighted by Gasteiger charge is -2.23. The third-order valence-electron chi connectivity index (χ3n) is 4.00. The van der Waals surface area contributed by atoms with Crippen LogP contribution < -0.4 is 5.32 Å². The molecule has 3 heteroatoms. The maximum atomic E-state index is 3.51. The topological polar surface area (TPSA) is 15.3 Å². The van der Waals surface area contributed by atoms with Crippen molar-refractivity contribution in [3.63, 3.8) is 0 Å². The molecule has 0 spiro atoms. The van der Waals surface area contributed by atoms with Gasteiger partial charge in [0.25, 0.3) is 0 Å². The van der Waals surface area contributed by atoms with E-state index in [4.69, 9.17) is 0 Å². The van der Waals surface area contributed by atoms with E-state index in [1.54, 1.807) is 0 Å². The van der Waals surface area contributed by atoms with Gasteiger partial charge in [-0.2, -0.15) is 0 Å². The number of rotatable bonds is 2. The zero-order chi connectivity index (χ0) is 10.3. The van der Waals surface area contributed by atoms with Crippen LogP contribution in [0.15, 0.2) is 17.5 Å². The Morgan fingerprint density at radius 2 is 2.47 bits per heavy atom. The van der Waals surface area contributed by atoms with Gasteiger partial charge in [0.05, 0.1) is 0 Å². The van der Waals surface area contributed by atoms with Gasteiger partial charge in [-0.25, -0.2) is 0 Å². The second-order valence-corrected chi connectivity index (χ2v) is 5.86. The van der Waals surface area contributed by atoms with Gasteiger partial charge < -0.3 is 5.32 Å². The van der Waals surface area contributed by atoms with Crippen LogP contribution in [0.1, 0.15) is 11.8 Å². The van der Waals surface area contributed by atoms with Crippen LogP contribution >= 0.6 is 11.3 Å². The Morgan fingerprint density at radius 1 is 1.53 bits per heavy atom. The van der Waals surface area contributed by atoms with Crippen molar-refractivity contribution < 1.29 is 0 Å². The lowest BCUT2D eigenvalue weighted by molar-refractivity contribution is 0.233. The van der Waals surface area contributed by atoms with Crippen LogP contribution in [0.5, 0.6) is 0 Å². The number of hydrogen-bond acceptors (Lipinski definition) is 3. The molecular weight excluding hydrogens is 204 g/mol. The fourth-order valence-electron chi connectivity index (χ4n) is 3.07. The number of thiophene rings is 1. The van der Waals surface area contributed by atoms with E-state index >= 15 is 0 Å². The summed E-state index contributed by atoms with van der Waals surface area (Å²) < 4.78 is 0. The number of fused-ring (bicyclic) bond motifs is 1. The van der Waals surface area contributed by atoms with E-state index in [2.05, 4.69) is 34.7 Å². The van der Waals surface area contributed by atoms with E-state index in [0.29, 0.717) is 0 Å². The second-order valence-electron chi connectivity index (χ2n) is 4.83. The molecule has 1 aromatic rings. The highest BCUT2D eigenvalue weighted by atomic mass is 32.1. The third-order valence-corrected chi connectivity index (χ3v) is 4.86. The zero-order valence-corrected chi connectivity index (χ0v) is 9.96. The molecule has 0 aliphatic carbocycles. The van der Waals surface area contributed by atoms with Crippen molar-refractivity contribution in [1.29, 1.82) is 0 Å². The molecule has 3 unspecified atom stereocenters. The van der Waals surface area contributed by atoms with Gasteiger partial charge in [0.2, 0.25) is 0 Å². The molecule has 2 aliphatic heterocycles. The van der Waals surface area contributed by atoms with Gasteiger partial charge in [-0.1, -0.05) is 6.07 Å². The summed E-state index contributed by atoms with van der Waals surface area (Å²) in [6.45, 7) is 7.30. The van der Waals surface area contributed by atoms with E-state index in [1.807, 2.05) is 11.3 Å². The number of hydrogen-bond donors (Lipinski definition) is 1. The molecule has 3 heterocycles. The summed E-state index contributed by atoms with van der Waals surface area (Å²) in [4.78, 5) is 4.16. The Bertz CT molecular complexity index is 322. The fraction of sp³-hybridized carbons (Fsp3) is 0.667. The zero-order valence-electron chi connectivity index (χ0n) is 9.15. The first-order chi connectivity index (χ1) is 7.34. The first kappa shape index (κ1) is 9.82. The largest absolute Gasteiger partial charge is 0.316 e. The predicted octanol–water partition coefficient (Wildman–Crippen LogP) is 1.79. The maximum absolute atomic E-state index is 3.51. The standard InChI is InChI=1S/C12H18N2S/c1-9-12-6-13-5-10(12)7-14(9)8-11-3-2-4-15-11/h2-4,9-10,12-13H,5-8H2,1H3. The lowest BCUT2D eigenvalue weighted by Crippen LogP contribution is -2.32. The molecule has 2 aliphatic rings. The van der Waals surface area contributed by atoms with Crippen molar-refractivity contribution >= 4 is 11.3 Å². The van der Waals surface area contributed by atoms with Gasteiger partial charge in [0.15, 0.2) is 0 Å². The maximum Gasteiger partial charge on any atom is 0.0330 e. The van der Waals surface area contributed by atoms with E-state index in [9.17, 15) is 0 Å². The van der Waals surface area contributed by atoms with Crippen molar-refractivity contribution in [2.45, 2.75) is 19.5 Å². The van der Waals surface area contributed by atoms with E-state index in [0.717, 1.165) is 24.4 Å². The summed E-state index contributed by atoms with van der Waals surface area (Å²) >= 11 is 1.88. The summed E-state index contributed by atoms with van der Waals surface area (Å²) in [5, 5.41) is 5.69. The molecular formula is C12H18N2S. The Labute approximate surface area is 95.3 Å². The Kier molecular flexibility index (Phi) is 2.54.